The summed E-state index contributed by atoms with van der Waals surface area (Å²) in [7, 11) is 0. The highest BCUT2D eigenvalue weighted by atomic mass is 16.3. The summed E-state index contributed by atoms with van der Waals surface area (Å²) >= 11 is 0. The minimum Gasteiger partial charge on any atom is -0.466 e. The predicted octanol–water partition coefficient (Wildman–Crippen LogP) is 3.80. The van der Waals surface area contributed by atoms with Gasteiger partial charge in [0.2, 0.25) is 0 Å². The molecule has 1 aromatic carbocycles. The lowest BCUT2D eigenvalue weighted by Gasteiger charge is -2.14. The highest BCUT2D eigenvalue weighted by molar-refractivity contribution is 5.82. The van der Waals surface area contributed by atoms with E-state index < -0.39 is 0 Å². The number of benzene rings is 1. The van der Waals surface area contributed by atoms with Gasteiger partial charge in [0.25, 0.3) is 0 Å². The Balaban J connectivity index is 2.20. The van der Waals surface area contributed by atoms with Crippen LogP contribution in [0.3, 0.4) is 0 Å². The summed E-state index contributed by atoms with van der Waals surface area (Å²) in [6.45, 7) is 5.99. The van der Waals surface area contributed by atoms with Gasteiger partial charge in [0.05, 0.1) is 11.6 Å². The first-order valence-corrected chi connectivity index (χ1v) is 6.75. The van der Waals surface area contributed by atoms with Crippen LogP contribution < -0.4 is 5.73 Å². The van der Waals surface area contributed by atoms with Crippen molar-refractivity contribution in [1.82, 2.24) is 4.98 Å². The maximum absolute atomic E-state index is 6.50. The zero-order valence-electron chi connectivity index (χ0n) is 12.0. The van der Waals surface area contributed by atoms with Gasteiger partial charge in [0, 0.05) is 17.1 Å². The second-order valence-corrected chi connectivity index (χ2v) is 5.15. The average molecular weight is 266 g/mol. The molecule has 0 spiro atoms. The Labute approximate surface area is 118 Å². The van der Waals surface area contributed by atoms with E-state index in [0.29, 0.717) is 0 Å². The van der Waals surface area contributed by atoms with Crippen molar-refractivity contribution in [3.05, 3.63) is 64.7 Å². The van der Waals surface area contributed by atoms with Crippen LogP contribution in [0.25, 0.3) is 10.9 Å². The van der Waals surface area contributed by atoms with Crippen LogP contribution in [0, 0.1) is 20.8 Å². The molecule has 0 aliphatic heterocycles. The van der Waals surface area contributed by atoms with E-state index in [-0.39, 0.29) is 6.04 Å². The molecule has 2 heterocycles. The topological polar surface area (TPSA) is 52.0 Å². The van der Waals surface area contributed by atoms with Crippen LogP contribution in [-0.2, 0) is 0 Å². The van der Waals surface area contributed by atoms with Gasteiger partial charge in [-0.3, -0.25) is 4.98 Å². The highest BCUT2D eigenvalue weighted by Crippen LogP contribution is 2.32. The van der Waals surface area contributed by atoms with Gasteiger partial charge in [-0.25, -0.2) is 0 Å². The number of fused-ring (bicyclic) bond motifs is 1. The largest absolute Gasteiger partial charge is 0.466 e. The first kappa shape index (κ1) is 12.9. The van der Waals surface area contributed by atoms with E-state index in [9.17, 15) is 0 Å². The molecule has 2 aromatic heterocycles. The Morgan fingerprint density at radius 1 is 1.05 bits per heavy atom. The van der Waals surface area contributed by atoms with E-state index in [1.54, 1.807) is 6.20 Å². The van der Waals surface area contributed by atoms with Gasteiger partial charge in [0.15, 0.2) is 0 Å². The lowest BCUT2D eigenvalue weighted by molar-refractivity contribution is 0.498. The van der Waals surface area contributed by atoms with E-state index in [0.717, 1.165) is 39.1 Å². The van der Waals surface area contributed by atoms with Crippen molar-refractivity contribution in [3.8, 4) is 0 Å². The summed E-state index contributed by atoms with van der Waals surface area (Å²) < 4.78 is 5.70. The van der Waals surface area contributed by atoms with Crippen molar-refractivity contribution in [2.75, 3.05) is 0 Å². The summed E-state index contributed by atoms with van der Waals surface area (Å²) in [5.41, 5.74) is 10.7. The van der Waals surface area contributed by atoms with Crippen LogP contribution in [0.1, 0.15) is 34.3 Å². The number of hydrogen-bond donors (Lipinski definition) is 1. The number of aromatic nitrogens is 1. The number of para-hydroxylation sites is 1. The molecule has 0 saturated heterocycles. The molecule has 2 N–H and O–H groups in total. The van der Waals surface area contributed by atoms with E-state index in [1.807, 2.05) is 32.0 Å². The first-order chi connectivity index (χ1) is 9.59. The number of aryl methyl sites for hydroxylation is 2. The number of rotatable bonds is 2. The van der Waals surface area contributed by atoms with Crippen molar-refractivity contribution in [2.24, 2.45) is 5.73 Å². The first-order valence-electron chi connectivity index (χ1n) is 6.75. The number of nitrogens with zero attached hydrogens (tertiary/aromatic N) is 1. The fourth-order valence-electron chi connectivity index (χ4n) is 2.80. The average Bonchev–Trinajstić information content (AvgIpc) is 2.71. The molecule has 3 rings (SSSR count). The van der Waals surface area contributed by atoms with Gasteiger partial charge in [0.1, 0.15) is 11.5 Å². The van der Waals surface area contributed by atoms with Crippen LogP contribution in [0.2, 0.25) is 0 Å². The van der Waals surface area contributed by atoms with Crippen molar-refractivity contribution in [1.29, 1.82) is 0 Å². The van der Waals surface area contributed by atoms with Gasteiger partial charge in [-0.15, -0.1) is 0 Å². The van der Waals surface area contributed by atoms with Gasteiger partial charge < -0.3 is 10.2 Å². The molecule has 0 fully saturated rings. The molecule has 0 amide bonds. The number of furan rings is 1. The molecule has 102 valence electrons. The molecule has 1 atom stereocenters. The minimum absolute atomic E-state index is 0.217. The van der Waals surface area contributed by atoms with Gasteiger partial charge in [-0.05, 0) is 38.0 Å². The smallest absolute Gasteiger partial charge is 0.106 e. The number of nitrogens with two attached hydrogens (primary N) is 1. The molecule has 0 saturated carbocycles. The molecule has 0 aliphatic carbocycles. The summed E-state index contributed by atoms with van der Waals surface area (Å²) in [6.07, 6.45) is 1.80. The SMILES string of the molecule is Cc1oc(C)c(C(N)c2cccc3cccnc23)c1C. The third kappa shape index (κ3) is 1.91. The van der Waals surface area contributed by atoms with Gasteiger partial charge >= 0.3 is 0 Å². The lowest BCUT2D eigenvalue weighted by Crippen LogP contribution is -2.14. The summed E-state index contributed by atoms with van der Waals surface area (Å²) in [5.74, 6) is 1.82. The van der Waals surface area contributed by atoms with Crippen molar-refractivity contribution in [3.63, 3.8) is 0 Å². The molecular weight excluding hydrogens is 248 g/mol. The lowest BCUT2D eigenvalue weighted by atomic mass is 9.94. The summed E-state index contributed by atoms with van der Waals surface area (Å²) in [4.78, 5) is 4.48. The quantitative estimate of drug-likeness (QED) is 0.767. The second kappa shape index (κ2) is 4.76. The van der Waals surface area contributed by atoms with Crippen LogP contribution in [-0.4, -0.2) is 4.98 Å². The normalized spacial score (nSPS) is 12.8. The summed E-state index contributed by atoms with van der Waals surface area (Å²) in [6, 6.07) is 9.90. The molecule has 3 nitrogen and oxygen atoms in total. The van der Waals surface area contributed by atoms with E-state index in [1.165, 1.54) is 0 Å². The maximum atomic E-state index is 6.50. The maximum Gasteiger partial charge on any atom is 0.106 e. The van der Waals surface area contributed by atoms with Crippen LogP contribution >= 0.6 is 0 Å². The molecular formula is C17H18N2O. The van der Waals surface area contributed by atoms with Gasteiger partial charge in [-0.1, -0.05) is 24.3 Å². The Morgan fingerprint density at radius 2 is 1.80 bits per heavy atom. The zero-order chi connectivity index (χ0) is 14.3. The third-order valence-corrected chi connectivity index (χ3v) is 3.93. The Kier molecular flexibility index (Phi) is 3.07. The van der Waals surface area contributed by atoms with E-state index >= 15 is 0 Å². The van der Waals surface area contributed by atoms with Crippen LogP contribution in [0.5, 0.6) is 0 Å². The molecule has 1 unspecified atom stereocenters. The fourth-order valence-corrected chi connectivity index (χ4v) is 2.80. The number of pyridine rings is 1. The zero-order valence-corrected chi connectivity index (χ0v) is 12.0. The summed E-state index contributed by atoms with van der Waals surface area (Å²) in [5, 5.41) is 1.11. The van der Waals surface area contributed by atoms with Crippen molar-refractivity contribution in [2.45, 2.75) is 26.8 Å². The molecule has 3 heteroatoms. The van der Waals surface area contributed by atoms with Crippen LogP contribution in [0.4, 0.5) is 0 Å². The van der Waals surface area contributed by atoms with Crippen LogP contribution in [0.15, 0.2) is 40.9 Å². The Morgan fingerprint density at radius 3 is 2.50 bits per heavy atom. The molecule has 20 heavy (non-hydrogen) atoms. The fraction of sp³-hybridized carbons (Fsp3) is 0.235. The molecule has 0 radical (unpaired) electrons. The van der Waals surface area contributed by atoms with Gasteiger partial charge in [-0.2, -0.15) is 0 Å². The Hall–Kier alpha value is -2.13. The van der Waals surface area contributed by atoms with E-state index in [2.05, 4.69) is 24.0 Å². The van der Waals surface area contributed by atoms with E-state index in [4.69, 9.17) is 10.2 Å². The second-order valence-electron chi connectivity index (χ2n) is 5.15. The highest BCUT2D eigenvalue weighted by Gasteiger charge is 2.21. The monoisotopic (exact) mass is 266 g/mol. The van der Waals surface area contributed by atoms with Crippen molar-refractivity contribution < 1.29 is 4.42 Å². The minimum atomic E-state index is -0.217. The molecule has 3 aromatic rings. The number of hydrogen-bond acceptors (Lipinski definition) is 3. The Bertz CT molecular complexity index is 769. The molecule has 0 bridgehead atoms. The molecule has 0 aliphatic rings. The van der Waals surface area contributed by atoms with Crippen molar-refractivity contribution >= 4 is 10.9 Å². The third-order valence-electron chi connectivity index (χ3n) is 3.93. The standard InChI is InChI=1S/C17H18N2O/c1-10-11(2)20-12(3)15(10)16(18)14-8-4-6-13-7-5-9-19-17(13)14/h4-9,16H,18H2,1-3H3. The predicted molar refractivity (Wildman–Crippen MR) is 80.7 cm³/mol.